The summed E-state index contributed by atoms with van der Waals surface area (Å²) >= 11 is 0. The minimum atomic E-state index is -0.978. The summed E-state index contributed by atoms with van der Waals surface area (Å²) in [4.78, 5) is 23.6. The third kappa shape index (κ3) is 4.38. The number of carbonyl (C=O) groups excluding carboxylic acids is 2. The summed E-state index contributed by atoms with van der Waals surface area (Å²) in [7, 11) is 1.32. The van der Waals surface area contributed by atoms with Crippen molar-refractivity contribution in [2.45, 2.75) is 57.0 Å². The van der Waals surface area contributed by atoms with Crippen molar-refractivity contribution < 1.29 is 19.1 Å². The Morgan fingerprint density at radius 2 is 2.00 bits per heavy atom. The van der Waals surface area contributed by atoms with Gasteiger partial charge < -0.3 is 20.5 Å². The van der Waals surface area contributed by atoms with Crippen molar-refractivity contribution in [3.63, 3.8) is 0 Å². The number of nitrogens with one attached hydrogen (secondary N) is 1. The van der Waals surface area contributed by atoms with Gasteiger partial charge in [0.05, 0.1) is 13.7 Å². The van der Waals surface area contributed by atoms with E-state index in [0.717, 1.165) is 12.8 Å². The number of alkyl carbamates (subject to hydrolysis) is 1. The Hall–Kier alpha value is -1.30. The van der Waals surface area contributed by atoms with Gasteiger partial charge in [0.15, 0.2) is 0 Å². The van der Waals surface area contributed by atoms with Crippen LogP contribution in [0.25, 0.3) is 0 Å². The van der Waals surface area contributed by atoms with Gasteiger partial charge in [0.1, 0.15) is 5.54 Å². The Morgan fingerprint density at radius 3 is 2.53 bits per heavy atom. The molecule has 6 nitrogen and oxygen atoms in total. The van der Waals surface area contributed by atoms with Gasteiger partial charge in [-0.2, -0.15) is 0 Å². The summed E-state index contributed by atoms with van der Waals surface area (Å²) in [5.74, 6) is -0.424. The van der Waals surface area contributed by atoms with Crippen LogP contribution < -0.4 is 11.1 Å². The average Bonchev–Trinajstić information content (AvgIpc) is 2.41. The normalized spacial score (nSPS) is 26.6. The smallest absolute Gasteiger partial charge is 0.408 e. The van der Waals surface area contributed by atoms with Crippen LogP contribution in [0, 0.1) is 0 Å². The molecule has 0 unspecified atom stereocenters. The number of unbranched alkanes of at least 4 members (excludes halogenated alkanes) is 1. The number of amides is 1. The molecule has 1 fully saturated rings. The maximum absolute atomic E-state index is 11.9. The third-order valence-corrected chi connectivity index (χ3v) is 3.53. The number of esters is 1. The molecule has 1 rings (SSSR count). The molecule has 0 bridgehead atoms. The Labute approximate surface area is 114 Å². The predicted octanol–water partition coefficient (Wildman–Crippen LogP) is 1.33. The number of nitrogens with two attached hydrogens (primary N) is 1. The fourth-order valence-electron chi connectivity index (χ4n) is 2.25. The molecule has 0 atom stereocenters. The van der Waals surface area contributed by atoms with E-state index in [-0.39, 0.29) is 6.04 Å². The van der Waals surface area contributed by atoms with Gasteiger partial charge in [0.2, 0.25) is 0 Å². The largest absolute Gasteiger partial charge is 0.467 e. The second-order valence-corrected chi connectivity index (χ2v) is 5.03. The highest BCUT2D eigenvalue weighted by Crippen LogP contribution is 2.29. The molecule has 110 valence electrons. The van der Waals surface area contributed by atoms with Gasteiger partial charge in [-0.3, -0.25) is 0 Å². The lowest BCUT2D eigenvalue weighted by atomic mass is 9.79. The number of hydrogen-bond donors (Lipinski definition) is 2. The first-order valence-corrected chi connectivity index (χ1v) is 6.83. The number of methoxy groups -OCH3 is 1. The summed E-state index contributed by atoms with van der Waals surface area (Å²) in [5, 5.41) is 2.67. The van der Waals surface area contributed by atoms with Crippen molar-refractivity contribution >= 4 is 12.1 Å². The monoisotopic (exact) mass is 272 g/mol. The standard InChI is InChI=1S/C13H24N2O4/c1-3-4-9-19-12(17)15-13(11(16)18-2)7-5-10(14)6-8-13/h10H,3-9,14H2,1-2H3,(H,15,17). The first kappa shape index (κ1) is 15.8. The highest BCUT2D eigenvalue weighted by molar-refractivity contribution is 5.85. The number of ether oxygens (including phenoxy) is 2. The van der Waals surface area contributed by atoms with Crippen molar-refractivity contribution in [3.05, 3.63) is 0 Å². The second kappa shape index (κ2) is 7.33. The van der Waals surface area contributed by atoms with Crippen molar-refractivity contribution in [2.75, 3.05) is 13.7 Å². The molecule has 0 aromatic rings. The van der Waals surface area contributed by atoms with Crippen LogP contribution in [0.3, 0.4) is 0 Å². The van der Waals surface area contributed by atoms with Crippen LogP contribution in [-0.2, 0) is 14.3 Å². The van der Waals surface area contributed by atoms with Crippen LogP contribution in [0.2, 0.25) is 0 Å². The zero-order valence-electron chi connectivity index (χ0n) is 11.7. The van der Waals surface area contributed by atoms with Gasteiger partial charge in [-0.05, 0) is 32.1 Å². The molecule has 0 radical (unpaired) electrons. The van der Waals surface area contributed by atoms with E-state index in [4.69, 9.17) is 15.2 Å². The fraction of sp³-hybridized carbons (Fsp3) is 0.846. The molecule has 0 aliphatic heterocycles. The van der Waals surface area contributed by atoms with Gasteiger partial charge in [0.25, 0.3) is 0 Å². The summed E-state index contributed by atoms with van der Waals surface area (Å²) < 4.78 is 9.85. The Balaban J connectivity index is 2.60. The van der Waals surface area contributed by atoms with Crippen molar-refractivity contribution in [1.29, 1.82) is 0 Å². The van der Waals surface area contributed by atoms with Crippen LogP contribution in [-0.4, -0.2) is 37.4 Å². The molecule has 6 heteroatoms. The van der Waals surface area contributed by atoms with E-state index in [2.05, 4.69) is 5.32 Å². The van der Waals surface area contributed by atoms with E-state index in [1.54, 1.807) is 0 Å². The predicted molar refractivity (Wildman–Crippen MR) is 70.6 cm³/mol. The molecule has 1 aliphatic rings. The number of hydrogen-bond acceptors (Lipinski definition) is 5. The first-order chi connectivity index (χ1) is 9.04. The molecular weight excluding hydrogens is 248 g/mol. The third-order valence-electron chi connectivity index (χ3n) is 3.53. The molecule has 1 aliphatic carbocycles. The molecule has 3 N–H and O–H groups in total. The van der Waals surface area contributed by atoms with Crippen LogP contribution in [0.4, 0.5) is 4.79 Å². The van der Waals surface area contributed by atoms with E-state index in [1.807, 2.05) is 6.92 Å². The van der Waals surface area contributed by atoms with Gasteiger partial charge >= 0.3 is 12.1 Å². The van der Waals surface area contributed by atoms with E-state index in [0.29, 0.717) is 32.3 Å². The van der Waals surface area contributed by atoms with Crippen LogP contribution in [0.15, 0.2) is 0 Å². The van der Waals surface area contributed by atoms with Gasteiger partial charge in [-0.25, -0.2) is 9.59 Å². The molecule has 0 spiro atoms. The minimum absolute atomic E-state index is 0.0793. The van der Waals surface area contributed by atoms with Crippen molar-refractivity contribution in [3.8, 4) is 0 Å². The molecule has 0 aromatic carbocycles. The van der Waals surface area contributed by atoms with Gasteiger partial charge in [-0.15, -0.1) is 0 Å². The van der Waals surface area contributed by atoms with E-state index in [1.165, 1.54) is 7.11 Å². The van der Waals surface area contributed by atoms with Crippen molar-refractivity contribution in [1.82, 2.24) is 5.32 Å². The van der Waals surface area contributed by atoms with E-state index in [9.17, 15) is 9.59 Å². The summed E-state index contributed by atoms with van der Waals surface area (Å²) in [6, 6.07) is 0.0793. The van der Waals surface area contributed by atoms with Crippen LogP contribution in [0.1, 0.15) is 45.4 Å². The molecular formula is C13H24N2O4. The second-order valence-electron chi connectivity index (χ2n) is 5.03. The number of carbonyl (C=O) groups is 2. The highest BCUT2D eigenvalue weighted by Gasteiger charge is 2.44. The average molecular weight is 272 g/mol. The zero-order valence-corrected chi connectivity index (χ0v) is 11.7. The maximum Gasteiger partial charge on any atom is 0.408 e. The topological polar surface area (TPSA) is 90.6 Å². The maximum atomic E-state index is 11.9. The van der Waals surface area contributed by atoms with E-state index >= 15 is 0 Å². The zero-order chi connectivity index (χ0) is 14.3. The lowest BCUT2D eigenvalue weighted by Crippen LogP contribution is -2.58. The highest BCUT2D eigenvalue weighted by atomic mass is 16.6. The quantitative estimate of drug-likeness (QED) is 0.582. The molecule has 0 saturated heterocycles. The molecule has 0 aromatic heterocycles. The van der Waals surface area contributed by atoms with Gasteiger partial charge in [-0.1, -0.05) is 13.3 Å². The van der Waals surface area contributed by atoms with E-state index < -0.39 is 17.6 Å². The Kier molecular flexibility index (Phi) is 6.08. The lowest BCUT2D eigenvalue weighted by Gasteiger charge is -2.36. The van der Waals surface area contributed by atoms with Gasteiger partial charge in [0, 0.05) is 6.04 Å². The summed E-state index contributed by atoms with van der Waals surface area (Å²) in [6.07, 6.45) is 3.55. The first-order valence-electron chi connectivity index (χ1n) is 6.83. The molecule has 0 heterocycles. The van der Waals surface area contributed by atoms with Crippen LogP contribution in [0.5, 0.6) is 0 Å². The molecule has 1 saturated carbocycles. The summed E-state index contributed by atoms with van der Waals surface area (Å²) in [5.41, 5.74) is 4.85. The molecule has 19 heavy (non-hydrogen) atoms. The SMILES string of the molecule is CCCCOC(=O)NC1(C(=O)OC)CCC(N)CC1. The van der Waals surface area contributed by atoms with Crippen molar-refractivity contribution in [2.24, 2.45) is 5.73 Å². The van der Waals surface area contributed by atoms with Crippen LogP contribution >= 0.6 is 0 Å². The lowest BCUT2D eigenvalue weighted by molar-refractivity contribution is -0.150. The summed E-state index contributed by atoms with van der Waals surface area (Å²) in [6.45, 7) is 2.37. The Bertz CT molecular complexity index is 312. The Morgan fingerprint density at radius 1 is 1.37 bits per heavy atom. The fourth-order valence-corrected chi connectivity index (χ4v) is 2.25. The minimum Gasteiger partial charge on any atom is -0.467 e. The number of rotatable bonds is 5. The molecule has 1 amide bonds.